The number of aromatic amines is 2. The summed E-state index contributed by atoms with van der Waals surface area (Å²) in [5, 5.41) is 10.3. The largest absolute Gasteiger partial charge is 0.508 e. The number of hydrogen-bond donors (Lipinski definition) is 3. The third-order valence-corrected chi connectivity index (χ3v) is 11.0. The lowest BCUT2D eigenvalue weighted by Gasteiger charge is -2.08. The average molecular weight is 908 g/mol. The summed E-state index contributed by atoms with van der Waals surface area (Å²) >= 11 is 17.2. The number of carbonyl (C=O) groups is 3. The van der Waals surface area contributed by atoms with Gasteiger partial charge in [0, 0.05) is 44.3 Å². The highest BCUT2D eigenvalue weighted by Gasteiger charge is 2.20. The zero-order valence-corrected chi connectivity index (χ0v) is 35.7. The molecule has 0 unspecified atom stereocenters. The molecule has 14 heteroatoms. The Balaban J connectivity index is 1.37. The van der Waals surface area contributed by atoms with E-state index in [0.29, 0.717) is 40.0 Å². The van der Waals surface area contributed by atoms with Crippen LogP contribution in [0.2, 0.25) is 0 Å². The molecule has 9 rings (SSSR count). The van der Waals surface area contributed by atoms with Gasteiger partial charge >= 0.3 is 17.9 Å². The minimum atomic E-state index is -0.575. The fourth-order valence-corrected chi connectivity index (χ4v) is 7.76. The molecule has 0 aliphatic carbocycles. The van der Waals surface area contributed by atoms with E-state index in [1.165, 1.54) is 0 Å². The molecule has 7 aromatic rings. The summed E-state index contributed by atoms with van der Waals surface area (Å²) in [6.45, 7) is 0. The van der Waals surface area contributed by atoms with Crippen LogP contribution in [0.15, 0.2) is 121 Å². The molecule has 0 fully saturated rings. The number of nitrogens with zero attached hydrogens (tertiary/aromatic N) is 2. The number of alkyl halides is 3. The minimum absolute atomic E-state index is 0.120. The van der Waals surface area contributed by atoms with E-state index < -0.39 is 17.9 Å². The van der Waals surface area contributed by atoms with E-state index in [9.17, 15) is 19.5 Å². The van der Waals surface area contributed by atoms with Crippen molar-refractivity contribution in [3.63, 3.8) is 0 Å². The second-order valence-electron chi connectivity index (χ2n) is 14.4. The van der Waals surface area contributed by atoms with Gasteiger partial charge in [-0.3, -0.25) is 14.4 Å². The van der Waals surface area contributed by atoms with E-state index in [0.717, 1.165) is 66.6 Å². The summed E-state index contributed by atoms with van der Waals surface area (Å²) in [5.74, 6) is -1.44. The number of phenolic OH excluding ortho intramolecular Hbond substituents is 1. The summed E-state index contributed by atoms with van der Waals surface area (Å²) in [6.07, 6.45) is 7.77. The predicted molar refractivity (Wildman–Crippen MR) is 251 cm³/mol. The van der Waals surface area contributed by atoms with Gasteiger partial charge in [0.05, 0.1) is 22.8 Å². The number of aromatic hydroxyl groups is 1. The van der Waals surface area contributed by atoms with Crippen LogP contribution in [0.5, 0.6) is 23.0 Å². The molecule has 64 heavy (non-hydrogen) atoms. The van der Waals surface area contributed by atoms with Crippen LogP contribution in [0.3, 0.4) is 0 Å². The summed E-state index contributed by atoms with van der Waals surface area (Å²) in [4.78, 5) is 54.0. The van der Waals surface area contributed by atoms with Gasteiger partial charge in [-0.25, -0.2) is 9.97 Å². The zero-order valence-electron chi connectivity index (χ0n) is 33.4. The van der Waals surface area contributed by atoms with Gasteiger partial charge in [-0.05, 0) is 119 Å². The third kappa shape index (κ3) is 8.64. The molecule has 316 valence electrons. The van der Waals surface area contributed by atoms with Gasteiger partial charge in [0.2, 0.25) is 0 Å². The number of hydrogen-bond acceptors (Lipinski definition) is 9. The number of benzene rings is 4. The van der Waals surface area contributed by atoms with E-state index >= 15 is 0 Å². The Kier molecular flexibility index (Phi) is 11.9. The molecule has 0 radical (unpaired) electrons. The molecule has 2 aliphatic heterocycles. The van der Waals surface area contributed by atoms with Crippen molar-refractivity contribution in [2.45, 2.75) is 0 Å². The quantitative estimate of drug-likeness (QED) is 0.0690. The van der Waals surface area contributed by atoms with Crippen molar-refractivity contribution in [3.05, 3.63) is 144 Å². The lowest BCUT2D eigenvalue weighted by Crippen LogP contribution is -2.08. The number of carbonyl (C=O) groups excluding carboxylic acids is 3. The van der Waals surface area contributed by atoms with Crippen LogP contribution in [0.4, 0.5) is 0 Å². The first kappa shape index (κ1) is 41.9. The number of rotatable bonds is 10. The molecule has 8 bridgehead atoms. The monoisotopic (exact) mass is 906 g/mol. The van der Waals surface area contributed by atoms with E-state index in [2.05, 4.69) is 9.97 Å². The Bertz CT molecular complexity index is 3140. The van der Waals surface area contributed by atoms with Gasteiger partial charge in [0.25, 0.3) is 0 Å². The minimum Gasteiger partial charge on any atom is -0.508 e. The SMILES string of the molecule is O=C(CCl)Oc1ccc(-c2c3nc(c(-c4ccc(OC(=O)CCl)cc4)c4ccc([nH]4)c(-c4ccc(OC(=O)CCl)cc4)c4nc(c(-c5ccc(O)cc5)c5ccc2[nH]5)C=C4)C=C3)cc1. The van der Waals surface area contributed by atoms with Crippen molar-refractivity contribution in [1.29, 1.82) is 0 Å². The van der Waals surface area contributed by atoms with Crippen molar-refractivity contribution in [1.82, 2.24) is 19.9 Å². The maximum Gasteiger partial charge on any atom is 0.326 e. The normalized spacial score (nSPS) is 11.7. The molecule has 0 amide bonds. The van der Waals surface area contributed by atoms with E-state index in [-0.39, 0.29) is 23.4 Å². The fraction of sp³-hybridized carbons (Fsp3) is 0.0600. The molecular weight excluding hydrogens is 875 g/mol. The van der Waals surface area contributed by atoms with Crippen LogP contribution in [-0.4, -0.2) is 60.6 Å². The first-order chi connectivity index (χ1) is 31.2. The van der Waals surface area contributed by atoms with Gasteiger partial charge in [-0.1, -0.05) is 48.5 Å². The summed E-state index contributed by atoms with van der Waals surface area (Å²) in [5.41, 5.74) is 11.7. The highest BCUT2D eigenvalue weighted by molar-refractivity contribution is 6.27. The second kappa shape index (κ2) is 18.1. The average Bonchev–Trinajstić information content (AvgIpc) is 4.17. The number of ether oxygens (including phenoxy) is 3. The van der Waals surface area contributed by atoms with Gasteiger partial charge in [0.15, 0.2) is 0 Å². The van der Waals surface area contributed by atoms with Gasteiger partial charge in [-0.15, -0.1) is 34.8 Å². The Hall–Kier alpha value is -7.44. The van der Waals surface area contributed by atoms with Crippen molar-refractivity contribution >= 4 is 99.1 Å². The van der Waals surface area contributed by atoms with Crippen LogP contribution < -0.4 is 14.2 Å². The molecular formula is C50H33Cl3N4O7. The summed E-state index contributed by atoms with van der Waals surface area (Å²) in [6, 6.07) is 36.1. The van der Waals surface area contributed by atoms with Crippen molar-refractivity contribution in [3.8, 4) is 67.5 Å². The Morgan fingerprint density at radius 2 is 0.656 bits per heavy atom. The Morgan fingerprint density at radius 1 is 0.406 bits per heavy atom. The summed E-state index contributed by atoms with van der Waals surface area (Å²) < 4.78 is 16.2. The fourth-order valence-electron chi connectivity index (χ4n) is 7.59. The molecule has 3 N–H and O–H groups in total. The highest BCUT2D eigenvalue weighted by Crippen LogP contribution is 2.39. The molecule has 0 saturated heterocycles. The van der Waals surface area contributed by atoms with Gasteiger partial charge < -0.3 is 29.3 Å². The number of esters is 3. The molecule has 11 nitrogen and oxygen atoms in total. The second-order valence-corrected chi connectivity index (χ2v) is 15.2. The molecule has 3 aromatic heterocycles. The lowest BCUT2D eigenvalue weighted by atomic mass is 10.0. The topological polar surface area (TPSA) is 156 Å². The smallest absolute Gasteiger partial charge is 0.326 e. The third-order valence-electron chi connectivity index (χ3n) is 10.4. The maximum atomic E-state index is 12.0. The molecule has 4 aromatic carbocycles. The van der Waals surface area contributed by atoms with Gasteiger partial charge in [0.1, 0.15) is 40.6 Å². The van der Waals surface area contributed by atoms with E-state index in [1.54, 1.807) is 48.5 Å². The molecule has 0 saturated carbocycles. The number of fused-ring (bicyclic) bond motifs is 8. The predicted octanol–water partition coefficient (Wildman–Crippen LogP) is 11.5. The highest BCUT2D eigenvalue weighted by atomic mass is 35.5. The van der Waals surface area contributed by atoms with Gasteiger partial charge in [-0.2, -0.15) is 0 Å². The number of H-pyrrole nitrogens is 2. The van der Waals surface area contributed by atoms with Crippen LogP contribution in [0, 0.1) is 0 Å². The number of aromatic nitrogens is 4. The van der Waals surface area contributed by atoms with Crippen LogP contribution >= 0.6 is 34.8 Å². The van der Waals surface area contributed by atoms with Crippen molar-refractivity contribution in [2.24, 2.45) is 0 Å². The van der Waals surface area contributed by atoms with Crippen molar-refractivity contribution < 1.29 is 33.7 Å². The molecule has 2 aliphatic rings. The lowest BCUT2D eigenvalue weighted by molar-refractivity contribution is -0.132. The first-order valence-corrected chi connectivity index (χ1v) is 21.3. The number of nitrogens with one attached hydrogen (secondary N) is 2. The molecule has 5 heterocycles. The van der Waals surface area contributed by atoms with Crippen LogP contribution in [0.1, 0.15) is 22.8 Å². The number of phenols is 1. The maximum absolute atomic E-state index is 12.0. The first-order valence-electron chi connectivity index (χ1n) is 19.7. The standard InChI is InChI=1S/C50H33Cl3N4O7/c51-25-44(59)62-33-11-3-29(4-12-33)48-38-19-17-36(54-38)47(28-1-9-32(58)10-2-28)37-18-20-39(55-37)49(30-5-13-34(14-6-30)63-45(60)26-52)41-22-24-43(57-41)50(42-23-21-40(48)56-42)31-7-15-35(16-8-31)64-46(61)27-53/h1-24,54,57-58H,25-27H2. The van der Waals surface area contributed by atoms with Crippen LogP contribution in [0.25, 0.3) is 90.9 Å². The molecule has 0 atom stereocenters. The van der Waals surface area contributed by atoms with Crippen molar-refractivity contribution in [2.75, 3.05) is 17.6 Å². The van der Waals surface area contributed by atoms with E-state index in [4.69, 9.17) is 59.0 Å². The number of halogens is 3. The van der Waals surface area contributed by atoms with E-state index in [1.807, 2.05) is 97.1 Å². The Morgan fingerprint density at radius 3 is 0.906 bits per heavy atom. The molecule has 0 spiro atoms. The zero-order chi connectivity index (χ0) is 44.3. The van der Waals surface area contributed by atoms with Crippen LogP contribution in [-0.2, 0) is 14.4 Å². The summed E-state index contributed by atoms with van der Waals surface area (Å²) in [7, 11) is 0. The Labute approximate surface area is 380 Å².